The zero-order valence-electron chi connectivity index (χ0n) is 7.60. The Labute approximate surface area is 90.1 Å². The van der Waals surface area contributed by atoms with Gasteiger partial charge in [-0.2, -0.15) is 5.10 Å². The molecular formula is C9H9N3S2. The molecule has 0 aliphatic rings. The van der Waals surface area contributed by atoms with Crippen LogP contribution in [0.5, 0.6) is 0 Å². The lowest BCUT2D eigenvalue weighted by Gasteiger charge is -1.92. The molecule has 3 nitrogen and oxygen atoms in total. The first-order valence-electron chi connectivity index (χ1n) is 4.09. The molecule has 2 aromatic heterocycles. The summed E-state index contributed by atoms with van der Waals surface area (Å²) < 4.78 is 0. The number of hydrogen-bond acceptors (Lipinski definition) is 5. The summed E-state index contributed by atoms with van der Waals surface area (Å²) >= 11 is 3.21. The van der Waals surface area contributed by atoms with Gasteiger partial charge in [-0.05, 0) is 23.9 Å². The topological polar surface area (TPSA) is 37.3 Å². The van der Waals surface area contributed by atoms with Gasteiger partial charge in [0, 0.05) is 16.5 Å². The van der Waals surface area contributed by atoms with Crippen molar-refractivity contribution in [1.82, 2.24) is 4.98 Å². The molecule has 2 rings (SSSR count). The summed E-state index contributed by atoms with van der Waals surface area (Å²) in [6.45, 7) is 2.07. The molecule has 0 fully saturated rings. The van der Waals surface area contributed by atoms with E-state index in [-0.39, 0.29) is 0 Å². The first-order chi connectivity index (χ1) is 6.86. The fourth-order valence-corrected chi connectivity index (χ4v) is 2.21. The molecule has 0 spiro atoms. The average molecular weight is 223 g/mol. The van der Waals surface area contributed by atoms with Crippen molar-refractivity contribution in [2.75, 3.05) is 5.43 Å². The predicted octanol–water partition coefficient (Wildman–Crippen LogP) is 2.96. The fourth-order valence-electron chi connectivity index (χ4n) is 0.941. The SMILES string of the molecule is Cc1ccsc1/C=N\Nc1nccs1. The van der Waals surface area contributed by atoms with Crippen molar-refractivity contribution >= 4 is 34.0 Å². The van der Waals surface area contributed by atoms with E-state index in [1.807, 2.05) is 11.6 Å². The molecule has 2 heterocycles. The zero-order valence-corrected chi connectivity index (χ0v) is 9.23. The number of thiazole rings is 1. The summed E-state index contributed by atoms with van der Waals surface area (Å²) in [6.07, 6.45) is 3.57. The average Bonchev–Trinajstić information content (AvgIpc) is 2.78. The van der Waals surface area contributed by atoms with Crippen LogP contribution in [0.25, 0.3) is 0 Å². The molecule has 0 aliphatic heterocycles. The number of anilines is 1. The summed E-state index contributed by atoms with van der Waals surface area (Å²) in [4.78, 5) is 5.23. The normalized spacial score (nSPS) is 10.9. The number of thiophene rings is 1. The van der Waals surface area contributed by atoms with E-state index in [0.717, 1.165) is 5.13 Å². The maximum atomic E-state index is 4.10. The highest BCUT2D eigenvalue weighted by Gasteiger charge is 1.94. The predicted molar refractivity (Wildman–Crippen MR) is 62.4 cm³/mol. The maximum Gasteiger partial charge on any atom is 0.203 e. The lowest BCUT2D eigenvalue weighted by Crippen LogP contribution is -1.88. The number of hydrazone groups is 1. The Morgan fingerprint density at radius 2 is 2.36 bits per heavy atom. The van der Waals surface area contributed by atoms with E-state index >= 15 is 0 Å². The molecule has 0 saturated heterocycles. The van der Waals surface area contributed by atoms with Gasteiger partial charge in [0.1, 0.15) is 0 Å². The highest BCUT2D eigenvalue weighted by atomic mass is 32.1. The van der Waals surface area contributed by atoms with Gasteiger partial charge in [0.25, 0.3) is 0 Å². The largest absolute Gasteiger partial charge is 0.253 e. The van der Waals surface area contributed by atoms with Gasteiger partial charge in [-0.3, -0.25) is 5.43 Å². The van der Waals surface area contributed by atoms with Crippen LogP contribution in [0, 0.1) is 6.92 Å². The van der Waals surface area contributed by atoms with Crippen molar-refractivity contribution in [2.24, 2.45) is 5.10 Å². The Balaban J connectivity index is 1.99. The summed E-state index contributed by atoms with van der Waals surface area (Å²) in [5, 5.41) is 8.88. The number of hydrogen-bond donors (Lipinski definition) is 1. The number of nitrogens with one attached hydrogen (secondary N) is 1. The van der Waals surface area contributed by atoms with E-state index in [2.05, 4.69) is 33.9 Å². The number of nitrogens with zero attached hydrogens (tertiary/aromatic N) is 2. The minimum absolute atomic E-state index is 0.815. The molecule has 0 amide bonds. The minimum atomic E-state index is 0.815. The Bertz CT molecular complexity index is 417. The minimum Gasteiger partial charge on any atom is -0.253 e. The highest BCUT2D eigenvalue weighted by molar-refractivity contribution is 7.13. The van der Waals surface area contributed by atoms with E-state index in [1.54, 1.807) is 17.5 Å². The summed E-state index contributed by atoms with van der Waals surface area (Å²) in [6, 6.07) is 2.08. The second-order valence-corrected chi connectivity index (χ2v) is 4.52. The van der Waals surface area contributed by atoms with E-state index in [1.165, 1.54) is 21.8 Å². The molecule has 0 atom stereocenters. The highest BCUT2D eigenvalue weighted by Crippen LogP contribution is 2.13. The maximum absolute atomic E-state index is 4.10. The smallest absolute Gasteiger partial charge is 0.203 e. The van der Waals surface area contributed by atoms with E-state index in [0.29, 0.717) is 0 Å². The number of aryl methyl sites for hydroxylation is 1. The molecule has 0 saturated carbocycles. The van der Waals surface area contributed by atoms with Crippen LogP contribution >= 0.6 is 22.7 Å². The van der Waals surface area contributed by atoms with Crippen molar-refractivity contribution in [2.45, 2.75) is 6.92 Å². The quantitative estimate of drug-likeness (QED) is 0.641. The summed E-state index contributed by atoms with van der Waals surface area (Å²) in [5.74, 6) is 0. The molecule has 0 aliphatic carbocycles. The van der Waals surface area contributed by atoms with E-state index < -0.39 is 0 Å². The molecule has 0 radical (unpaired) electrons. The third kappa shape index (κ3) is 2.18. The first-order valence-corrected chi connectivity index (χ1v) is 5.85. The van der Waals surface area contributed by atoms with Gasteiger partial charge in [-0.15, -0.1) is 22.7 Å². The third-order valence-electron chi connectivity index (χ3n) is 1.68. The second kappa shape index (κ2) is 4.34. The number of rotatable bonds is 3. The molecule has 1 N–H and O–H groups in total. The van der Waals surface area contributed by atoms with Crippen LogP contribution in [-0.2, 0) is 0 Å². The molecule has 2 aromatic rings. The van der Waals surface area contributed by atoms with Gasteiger partial charge < -0.3 is 0 Å². The van der Waals surface area contributed by atoms with Gasteiger partial charge in [0.2, 0.25) is 5.13 Å². The van der Waals surface area contributed by atoms with E-state index in [4.69, 9.17) is 0 Å². The lowest BCUT2D eigenvalue weighted by molar-refractivity contribution is 1.29. The van der Waals surface area contributed by atoms with Crippen LogP contribution < -0.4 is 5.43 Å². The summed E-state index contributed by atoms with van der Waals surface area (Å²) in [5.41, 5.74) is 4.12. The van der Waals surface area contributed by atoms with Gasteiger partial charge in [0.15, 0.2) is 0 Å². The fraction of sp³-hybridized carbons (Fsp3) is 0.111. The third-order valence-corrected chi connectivity index (χ3v) is 3.31. The molecule has 5 heteroatoms. The van der Waals surface area contributed by atoms with Gasteiger partial charge in [-0.1, -0.05) is 0 Å². The van der Waals surface area contributed by atoms with Crippen molar-refractivity contribution < 1.29 is 0 Å². The van der Waals surface area contributed by atoms with Crippen molar-refractivity contribution in [3.8, 4) is 0 Å². The van der Waals surface area contributed by atoms with E-state index in [9.17, 15) is 0 Å². The van der Waals surface area contributed by atoms with Crippen LogP contribution in [0.3, 0.4) is 0 Å². The number of aromatic nitrogens is 1. The molecular weight excluding hydrogens is 214 g/mol. The molecule has 0 aromatic carbocycles. The van der Waals surface area contributed by atoms with Crippen LogP contribution in [0.15, 0.2) is 28.1 Å². The van der Waals surface area contributed by atoms with Crippen LogP contribution in [0.4, 0.5) is 5.13 Å². The monoisotopic (exact) mass is 223 g/mol. The Hall–Kier alpha value is -1.20. The Morgan fingerprint density at radius 1 is 1.43 bits per heavy atom. The Morgan fingerprint density at radius 3 is 3.00 bits per heavy atom. The van der Waals surface area contributed by atoms with Crippen LogP contribution in [0.2, 0.25) is 0 Å². The van der Waals surface area contributed by atoms with Crippen LogP contribution in [0.1, 0.15) is 10.4 Å². The first kappa shape index (κ1) is 9.36. The summed E-state index contributed by atoms with van der Waals surface area (Å²) in [7, 11) is 0. The standard InChI is InChI=1S/C9H9N3S2/c1-7-2-4-13-8(7)6-11-12-9-10-3-5-14-9/h2-6H,1H3,(H,10,12)/b11-6-. The molecule has 0 unspecified atom stereocenters. The molecule has 0 bridgehead atoms. The Kier molecular flexibility index (Phi) is 2.90. The molecule has 14 heavy (non-hydrogen) atoms. The van der Waals surface area contributed by atoms with Crippen molar-refractivity contribution in [1.29, 1.82) is 0 Å². The zero-order chi connectivity index (χ0) is 9.80. The van der Waals surface area contributed by atoms with Crippen molar-refractivity contribution in [3.63, 3.8) is 0 Å². The van der Waals surface area contributed by atoms with Gasteiger partial charge >= 0.3 is 0 Å². The lowest BCUT2D eigenvalue weighted by atomic mass is 10.3. The van der Waals surface area contributed by atoms with Crippen LogP contribution in [-0.4, -0.2) is 11.2 Å². The van der Waals surface area contributed by atoms with Crippen molar-refractivity contribution in [3.05, 3.63) is 33.5 Å². The second-order valence-electron chi connectivity index (χ2n) is 2.68. The van der Waals surface area contributed by atoms with Gasteiger partial charge in [0.05, 0.1) is 6.21 Å². The molecule has 72 valence electrons. The van der Waals surface area contributed by atoms with Gasteiger partial charge in [-0.25, -0.2) is 4.98 Å².